The van der Waals surface area contributed by atoms with Gasteiger partial charge in [-0.2, -0.15) is 4.98 Å². The number of halogens is 1. The third-order valence-corrected chi connectivity index (χ3v) is 4.29. The lowest BCUT2D eigenvalue weighted by atomic mass is 10.0. The van der Waals surface area contributed by atoms with Crippen molar-refractivity contribution in [3.8, 4) is 28.8 Å². The van der Waals surface area contributed by atoms with Crippen LogP contribution in [-0.4, -0.2) is 31.3 Å². The molecule has 0 radical (unpaired) electrons. The Hall–Kier alpha value is -2.61. The Morgan fingerprint density at radius 1 is 1.16 bits per heavy atom. The Morgan fingerprint density at radius 3 is 2.60 bits per heavy atom. The number of benzene rings is 1. The lowest BCUT2D eigenvalue weighted by Crippen LogP contribution is -2.09. The third kappa shape index (κ3) is 3.05. The Bertz CT molecular complexity index is 987. The molecule has 2 heterocycles. The molecule has 3 aromatic rings. The molecule has 0 spiro atoms. The van der Waals surface area contributed by atoms with Crippen molar-refractivity contribution >= 4 is 26.9 Å². The topological polar surface area (TPSA) is 83.7 Å². The van der Waals surface area contributed by atoms with Gasteiger partial charge in [-0.15, -0.1) is 0 Å². The maximum absolute atomic E-state index is 12.7. The summed E-state index contributed by atoms with van der Waals surface area (Å²) in [6, 6.07) is 5.47. The summed E-state index contributed by atoms with van der Waals surface area (Å²) in [7, 11) is 4.47. The third-order valence-electron chi connectivity index (χ3n) is 3.73. The molecule has 7 nitrogen and oxygen atoms in total. The van der Waals surface area contributed by atoms with Crippen molar-refractivity contribution in [1.29, 1.82) is 0 Å². The van der Waals surface area contributed by atoms with Gasteiger partial charge in [-0.05, 0) is 17.7 Å². The molecule has 0 bridgehead atoms. The molecule has 0 unspecified atom stereocenters. The molecule has 0 aliphatic heterocycles. The first-order valence-corrected chi connectivity index (χ1v) is 8.40. The summed E-state index contributed by atoms with van der Waals surface area (Å²) in [5, 5.41) is 1.22. The highest BCUT2D eigenvalue weighted by atomic mass is 79.9. The Balaban J connectivity index is 2.33. The number of aromatic nitrogens is 2. The first kappa shape index (κ1) is 17.2. The zero-order valence-electron chi connectivity index (χ0n) is 13.8. The van der Waals surface area contributed by atoms with E-state index in [2.05, 4.69) is 25.9 Å². The second kappa shape index (κ2) is 7.10. The maximum atomic E-state index is 12.7. The summed E-state index contributed by atoms with van der Waals surface area (Å²) >= 11 is 3.45. The highest BCUT2D eigenvalue weighted by molar-refractivity contribution is 9.08. The quantitative estimate of drug-likeness (QED) is 0.475. The van der Waals surface area contributed by atoms with Crippen LogP contribution in [0.1, 0.15) is 5.56 Å². The van der Waals surface area contributed by atoms with E-state index in [-0.39, 0.29) is 11.9 Å². The largest absolute Gasteiger partial charge is 0.497 e. The minimum absolute atomic E-state index is 0.149. The smallest absolute Gasteiger partial charge is 0.344 e. The highest BCUT2D eigenvalue weighted by Gasteiger charge is 2.21. The van der Waals surface area contributed by atoms with Crippen molar-refractivity contribution in [2.75, 3.05) is 21.3 Å². The lowest BCUT2D eigenvalue weighted by molar-refractivity contribution is 0.353. The highest BCUT2D eigenvalue weighted by Crippen LogP contribution is 2.34. The van der Waals surface area contributed by atoms with E-state index in [4.69, 9.17) is 18.6 Å². The summed E-state index contributed by atoms with van der Waals surface area (Å²) in [6.45, 7) is 0. The van der Waals surface area contributed by atoms with Gasteiger partial charge in [-0.3, -0.25) is 0 Å². The zero-order chi connectivity index (χ0) is 18.0. The van der Waals surface area contributed by atoms with Crippen LogP contribution in [0.2, 0.25) is 0 Å². The molecule has 0 N–H and O–H groups in total. The zero-order valence-corrected chi connectivity index (χ0v) is 15.4. The molecule has 0 aliphatic rings. The van der Waals surface area contributed by atoms with E-state index in [0.717, 1.165) is 10.9 Å². The van der Waals surface area contributed by atoms with Gasteiger partial charge in [-0.1, -0.05) is 15.9 Å². The molecule has 0 atom stereocenters. The van der Waals surface area contributed by atoms with Crippen LogP contribution in [0.3, 0.4) is 0 Å². The lowest BCUT2D eigenvalue weighted by Gasteiger charge is -2.12. The SMILES string of the molecule is COc1ccc2c(CBr)c(-c3cnc(OC)nc3OC)c(=O)oc2c1. The summed E-state index contributed by atoms with van der Waals surface area (Å²) < 4.78 is 21.0. The first-order chi connectivity index (χ1) is 12.1. The van der Waals surface area contributed by atoms with Crippen LogP contribution in [0.5, 0.6) is 17.6 Å². The fraction of sp³-hybridized carbons (Fsp3) is 0.235. The van der Waals surface area contributed by atoms with Crippen molar-refractivity contribution in [2.24, 2.45) is 0 Å². The number of rotatable bonds is 5. The van der Waals surface area contributed by atoms with Gasteiger partial charge in [0.2, 0.25) is 5.88 Å². The van der Waals surface area contributed by atoms with E-state index < -0.39 is 5.63 Å². The van der Waals surface area contributed by atoms with Gasteiger partial charge in [-0.25, -0.2) is 9.78 Å². The van der Waals surface area contributed by atoms with Crippen LogP contribution in [0.15, 0.2) is 33.6 Å². The summed E-state index contributed by atoms with van der Waals surface area (Å²) in [5.41, 5.74) is 1.46. The van der Waals surface area contributed by atoms with Crippen LogP contribution in [0, 0.1) is 0 Å². The molecule has 0 amide bonds. The molecule has 2 aromatic heterocycles. The monoisotopic (exact) mass is 406 g/mol. The van der Waals surface area contributed by atoms with Gasteiger partial charge in [0.25, 0.3) is 0 Å². The van der Waals surface area contributed by atoms with Gasteiger partial charge < -0.3 is 18.6 Å². The van der Waals surface area contributed by atoms with Gasteiger partial charge >= 0.3 is 11.6 Å². The summed E-state index contributed by atoms with van der Waals surface area (Å²) in [5.74, 6) is 0.837. The Kier molecular flexibility index (Phi) is 4.89. The number of ether oxygens (including phenoxy) is 3. The van der Waals surface area contributed by atoms with Gasteiger partial charge in [0.15, 0.2) is 0 Å². The van der Waals surface area contributed by atoms with E-state index in [1.165, 1.54) is 20.4 Å². The van der Waals surface area contributed by atoms with Crippen molar-refractivity contribution in [3.63, 3.8) is 0 Å². The average Bonchev–Trinajstić information content (AvgIpc) is 2.65. The summed E-state index contributed by atoms with van der Waals surface area (Å²) in [4.78, 5) is 20.9. The molecule has 0 saturated heterocycles. The Morgan fingerprint density at radius 2 is 1.96 bits per heavy atom. The fourth-order valence-electron chi connectivity index (χ4n) is 2.56. The average molecular weight is 407 g/mol. The van der Waals surface area contributed by atoms with Crippen LogP contribution in [0.4, 0.5) is 0 Å². The van der Waals surface area contributed by atoms with E-state index in [9.17, 15) is 4.79 Å². The molecule has 0 aliphatic carbocycles. The van der Waals surface area contributed by atoms with Crippen LogP contribution in [0.25, 0.3) is 22.1 Å². The number of hydrogen-bond donors (Lipinski definition) is 0. The Labute approximate surface area is 151 Å². The van der Waals surface area contributed by atoms with Crippen molar-refractivity contribution in [3.05, 3.63) is 40.4 Å². The predicted octanol–water partition coefficient (Wildman–Crippen LogP) is 3.17. The fourth-order valence-corrected chi connectivity index (χ4v) is 3.14. The first-order valence-electron chi connectivity index (χ1n) is 7.28. The van der Waals surface area contributed by atoms with E-state index in [1.807, 2.05) is 6.07 Å². The van der Waals surface area contributed by atoms with Crippen molar-refractivity contribution in [1.82, 2.24) is 9.97 Å². The maximum Gasteiger partial charge on any atom is 0.344 e. The van der Waals surface area contributed by atoms with Gasteiger partial charge in [0, 0.05) is 23.0 Å². The van der Waals surface area contributed by atoms with Crippen LogP contribution < -0.4 is 19.8 Å². The predicted molar refractivity (Wildman–Crippen MR) is 95.8 cm³/mol. The number of fused-ring (bicyclic) bond motifs is 1. The van der Waals surface area contributed by atoms with Crippen molar-refractivity contribution < 1.29 is 18.6 Å². The molecule has 3 rings (SSSR count). The normalized spacial score (nSPS) is 10.7. The summed E-state index contributed by atoms with van der Waals surface area (Å²) in [6.07, 6.45) is 1.48. The van der Waals surface area contributed by atoms with Crippen LogP contribution >= 0.6 is 15.9 Å². The molecular weight excluding hydrogens is 392 g/mol. The minimum atomic E-state index is -0.512. The standard InChI is InChI=1S/C17H15BrN2O5/c1-22-9-4-5-10-11(7-18)14(16(21)25-13(10)6-9)12-8-19-17(24-3)20-15(12)23-2/h4-6,8H,7H2,1-3H3. The number of methoxy groups -OCH3 is 3. The molecule has 25 heavy (non-hydrogen) atoms. The van der Waals surface area contributed by atoms with Crippen molar-refractivity contribution in [2.45, 2.75) is 5.33 Å². The molecule has 0 saturated carbocycles. The van der Waals surface area contributed by atoms with Gasteiger partial charge in [0.1, 0.15) is 11.3 Å². The second-order valence-corrected chi connectivity index (χ2v) is 5.58. The van der Waals surface area contributed by atoms with Crippen LogP contribution in [-0.2, 0) is 5.33 Å². The van der Waals surface area contributed by atoms with E-state index in [0.29, 0.717) is 27.8 Å². The molecule has 0 fully saturated rings. The molecule has 8 heteroatoms. The number of alkyl halides is 1. The second-order valence-electron chi connectivity index (χ2n) is 5.02. The van der Waals surface area contributed by atoms with E-state index in [1.54, 1.807) is 19.2 Å². The number of hydrogen-bond acceptors (Lipinski definition) is 7. The molecule has 1 aromatic carbocycles. The molecule has 130 valence electrons. The van der Waals surface area contributed by atoms with Gasteiger partial charge in [0.05, 0.1) is 32.5 Å². The number of nitrogens with zero attached hydrogens (tertiary/aromatic N) is 2. The molecular formula is C17H15BrN2O5. The van der Waals surface area contributed by atoms with E-state index >= 15 is 0 Å². The minimum Gasteiger partial charge on any atom is -0.497 e.